The molecule has 0 unspecified atom stereocenters. The molecule has 1 aliphatic carbocycles. The molecule has 0 amide bonds. The number of fused-ring (bicyclic) bond motifs is 1. The molecular weight excluding hydrogens is 448 g/mol. The van der Waals surface area contributed by atoms with Crippen molar-refractivity contribution in [2.45, 2.75) is 70.9 Å². The SMILES string of the molecule is Cc1ccc(-c2c[n+](CC(=O)c3ccc(C4CCCCC4)cc3)c3n2CCC3)cc1.[Br-]. The van der Waals surface area contributed by atoms with Crippen LogP contribution in [0, 0.1) is 6.92 Å². The number of carbonyl (C=O) groups excluding carboxylic acids is 1. The van der Waals surface area contributed by atoms with Crippen LogP contribution in [0.4, 0.5) is 0 Å². The molecule has 0 spiro atoms. The summed E-state index contributed by atoms with van der Waals surface area (Å²) in [6.07, 6.45) is 11.0. The third-order valence-electron chi connectivity index (χ3n) is 6.96. The number of halogens is 1. The molecule has 1 aromatic heterocycles. The van der Waals surface area contributed by atoms with E-state index in [1.54, 1.807) is 0 Å². The summed E-state index contributed by atoms with van der Waals surface area (Å²) >= 11 is 0. The average molecular weight is 479 g/mol. The summed E-state index contributed by atoms with van der Waals surface area (Å²) in [6.45, 7) is 3.57. The number of nitrogens with zero attached hydrogens (tertiary/aromatic N) is 2. The lowest BCUT2D eigenvalue weighted by Crippen LogP contribution is -3.00. The summed E-state index contributed by atoms with van der Waals surface area (Å²) in [5.74, 6) is 2.16. The van der Waals surface area contributed by atoms with Gasteiger partial charge in [-0.05, 0) is 37.7 Å². The van der Waals surface area contributed by atoms with Gasteiger partial charge in [0.15, 0.2) is 12.2 Å². The Kier molecular flexibility index (Phi) is 6.76. The van der Waals surface area contributed by atoms with Crippen LogP contribution >= 0.6 is 0 Å². The van der Waals surface area contributed by atoms with Crippen molar-refractivity contribution in [3.63, 3.8) is 0 Å². The van der Waals surface area contributed by atoms with Gasteiger partial charge in [-0.2, -0.15) is 0 Å². The molecule has 2 heterocycles. The summed E-state index contributed by atoms with van der Waals surface area (Å²) < 4.78 is 4.57. The molecule has 31 heavy (non-hydrogen) atoms. The number of hydrogen-bond donors (Lipinski definition) is 0. The van der Waals surface area contributed by atoms with Crippen molar-refractivity contribution in [1.82, 2.24) is 4.57 Å². The topological polar surface area (TPSA) is 25.9 Å². The molecule has 1 saturated carbocycles. The lowest BCUT2D eigenvalue weighted by molar-refractivity contribution is -0.689. The number of hydrogen-bond acceptors (Lipinski definition) is 1. The Morgan fingerprint density at radius 2 is 1.68 bits per heavy atom. The van der Waals surface area contributed by atoms with Gasteiger partial charge < -0.3 is 17.0 Å². The molecule has 0 bridgehead atoms. The molecule has 5 rings (SSSR count). The van der Waals surface area contributed by atoms with E-state index in [0.717, 1.165) is 24.9 Å². The minimum Gasteiger partial charge on any atom is -1.00 e. The summed E-state index contributed by atoms with van der Waals surface area (Å²) in [5.41, 5.74) is 5.96. The van der Waals surface area contributed by atoms with Gasteiger partial charge in [-0.15, -0.1) is 0 Å². The lowest BCUT2D eigenvalue weighted by Gasteiger charge is -2.21. The number of benzene rings is 2. The van der Waals surface area contributed by atoms with E-state index >= 15 is 0 Å². The molecule has 3 aromatic rings. The van der Waals surface area contributed by atoms with E-state index in [-0.39, 0.29) is 22.8 Å². The van der Waals surface area contributed by atoms with Crippen LogP contribution in [0.3, 0.4) is 0 Å². The second-order valence-corrected chi connectivity index (χ2v) is 9.06. The van der Waals surface area contributed by atoms with Crippen molar-refractivity contribution in [3.05, 3.63) is 77.2 Å². The molecule has 162 valence electrons. The second kappa shape index (κ2) is 9.52. The zero-order chi connectivity index (χ0) is 20.5. The van der Waals surface area contributed by atoms with Crippen LogP contribution in [-0.4, -0.2) is 10.4 Å². The van der Waals surface area contributed by atoms with Gasteiger partial charge in [0.1, 0.15) is 6.20 Å². The molecule has 1 aliphatic heterocycles. The van der Waals surface area contributed by atoms with Gasteiger partial charge in [0.2, 0.25) is 5.78 Å². The molecule has 2 aliphatic rings. The highest BCUT2D eigenvalue weighted by Gasteiger charge is 2.29. The molecule has 0 N–H and O–H groups in total. The highest BCUT2D eigenvalue weighted by Crippen LogP contribution is 2.32. The predicted octanol–water partition coefficient (Wildman–Crippen LogP) is 2.63. The first-order chi connectivity index (χ1) is 14.7. The molecule has 0 saturated heterocycles. The first-order valence-corrected chi connectivity index (χ1v) is 11.5. The number of aromatic nitrogens is 2. The van der Waals surface area contributed by atoms with Crippen molar-refractivity contribution < 1.29 is 26.3 Å². The Labute approximate surface area is 195 Å². The van der Waals surface area contributed by atoms with E-state index in [2.05, 4.69) is 58.7 Å². The first kappa shape index (κ1) is 22.0. The molecule has 1 fully saturated rings. The standard InChI is InChI=1S/C27H31N2O.BrH/c1-20-9-11-23(12-10-20)25-18-28(27-8-5-17-29(25)27)19-26(30)24-15-13-22(14-16-24)21-6-3-2-4-7-21;/h9-16,18,21H,2-8,17,19H2,1H3;1H/q+1;/p-1. The molecule has 3 nitrogen and oxygen atoms in total. The fraction of sp³-hybridized carbons (Fsp3) is 0.407. The average Bonchev–Trinajstić information content (AvgIpc) is 3.39. The molecule has 2 aromatic carbocycles. The zero-order valence-electron chi connectivity index (χ0n) is 18.3. The van der Waals surface area contributed by atoms with Crippen LogP contribution < -0.4 is 21.5 Å². The van der Waals surface area contributed by atoms with Crippen molar-refractivity contribution in [2.75, 3.05) is 0 Å². The van der Waals surface area contributed by atoms with Gasteiger partial charge in [-0.25, -0.2) is 9.13 Å². The minimum atomic E-state index is 0. The first-order valence-electron chi connectivity index (χ1n) is 11.5. The third-order valence-corrected chi connectivity index (χ3v) is 6.96. The second-order valence-electron chi connectivity index (χ2n) is 9.06. The Morgan fingerprint density at radius 1 is 0.968 bits per heavy atom. The third kappa shape index (κ3) is 4.55. The maximum Gasteiger partial charge on any atom is 0.257 e. The van der Waals surface area contributed by atoms with Gasteiger partial charge in [-0.1, -0.05) is 73.4 Å². The summed E-state index contributed by atoms with van der Waals surface area (Å²) in [7, 11) is 0. The smallest absolute Gasteiger partial charge is 0.257 e. The van der Waals surface area contributed by atoms with Crippen molar-refractivity contribution >= 4 is 5.78 Å². The Bertz CT molecular complexity index is 1040. The number of imidazole rings is 1. The summed E-state index contributed by atoms with van der Waals surface area (Å²) in [4.78, 5) is 13.1. The van der Waals surface area contributed by atoms with E-state index in [1.807, 2.05) is 12.1 Å². The fourth-order valence-corrected chi connectivity index (χ4v) is 5.22. The molecular formula is C27H31BrN2O. The molecule has 4 heteroatoms. The monoisotopic (exact) mass is 478 g/mol. The number of rotatable bonds is 5. The Morgan fingerprint density at radius 3 is 2.39 bits per heavy atom. The van der Waals surface area contributed by atoms with Gasteiger partial charge in [0.05, 0.1) is 13.0 Å². The van der Waals surface area contributed by atoms with E-state index in [1.165, 1.54) is 60.3 Å². The molecule has 0 radical (unpaired) electrons. The van der Waals surface area contributed by atoms with Gasteiger partial charge in [0.25, 0.3) is 5.82 Å². The largest absolute Gasteiger partial charge is 1.00 e. The number of ketones is 1. The van der Waals surface area contributed by atoms with Gasteiger partial charge >= 0.3 is 0 Å². The van der Waals surface area contributed by atoms with E-state index in [0.29, 0.717) is 12.5 Å². The summed E-state index contributed by atoms with van der Waals surface area (Å²) in [6, 6.07) is 17.2. The normalized spacial score (nSPS) is 16.0. The lowest BCUT2D eigenvalue weighted by atomic mass is 9.84. The van der Waals surface area contributed by atoms with Gasteiger partial charge in [0, 0.05) is 11.1 Å². The predicted molar refractivity (Wildman–Crippen MR) is 120 cm³/mol. The summed E-state index contributed by atoms with van der Waals surface area (Å²) in [5, 5.41) is 0. The zero-order valence-corrected chi connectivity index (χ0v) is 19.9. The van der Waals surface area contributed by atoms with Crippen molar-refractivity contribution in [1.29, 1.82) is 0 Å². The highest BCUT2D eigenvalue weighted by molar-refractivity contribution is 5.95. The van der Waals surface area contributed by atoms with E-state index < -0.39 is 0 Å². The Hall–Kier alpha value is -2.20. The van der Waals surface area contributed by atoms with E-state index in [9.17, 15) is 4.79 Å². The fourth-order valence-electron chi connectivity index (χ4n) is 5.22. The van der Waals surface area contributed by atoms with Gasteiger partial charge in [-0.3, -0.25) is 4.79 Å². The molecule has 0 atom stereocenters. The minimum absolute atomic E-state index is 0. The Balaban J connectivity index is 0.00000231. The number of Topliss-reactive ketones (excluding diaryl/α,β-unsaturated/α-hetero) is 1. The van der Waals surface area contributed by atoms with Crippen LogP contribution in [0.2, 0.25) is 0 Å². The van der Waals surface area contributed by atoms with Crippen LogP contribution in [0.15, 0.2) is 54.7 Å². The van der Waals surface area contributed by atoms with Crippen LogP contribution in [0.5, 0.6) is 0 Å². The maximum absolute atomic E-state index is 13.1. The van der Waals surface area contributed by atoms with Crippen molar-refractivity contribution in [3.8, 4) is 11.3 Å². The maximum atomic E-state index is 13.1. The van der Waals surface area contributed by atoms with Crippen LogP contribution in [0.25, 0.3) is 11.3 Å². The van der Waals surface area contributed by atoms with Crippen LogP contribution in [-0.2, 0) is 19.5 Å². The highest BCUT2D eigenvalue weighted by atomic mass is 79.9. The number of carbonyl (C=O) groups is 1. The quantitative estimate of drug-likeness (QED) is 0.408. The van der Waals surface area contributed by atoms with Crippen molar-refractivity contribution in [2.24, 2.45) is 0 Å². The van der Waals surface area contributed by atoms with Crippen LogP contribution in [0.1, 0.15) is 71.8 Å². The van der Waals surface area contributed by atoms with E-state index in [4.69, 9.17) is 0 Å². The number of aryl methyl sites for hydroxylation is 1.